The first-order chi connectivity index (χ1) is 8.69. The number of carbonyl (C=O) groups is 1. The van der Waals surface area contributed by atoms with Crippen molar-refractivity contribution in [3.63, 3.8) is 0 Å². The van der Waals surface area contributed by atoms with Crippen molar-refractivity contribution in [2.75, 3.05) is 45.7 Å². The molecule has 1 fully saturated rings. The maximum absolute atomic E-state index is 12.0. The maximum atomic E-state index is 12.0. The van der Waals surface area contributed by atoms with Gasteiger partial charge in [0.25, 0.3) is 0 Å². The number of sulfone groups is 1. The molecule has 0 aromatic carbocycles. The van der Waals surface area contributed by atoms with Crippen LogP contribution in [-0.2, 0) is 14.6 Å². The van der Waals surface area contributed by atoms with Gasteiger partial charge < -0.3 is 15.5 Å². The summed E-state index contributed by atoms with van der Waals surface area (Å²) in [4.78, 5) is 15.9. The van der Waals surface area contributed by atoms with Crippen LogP contribution < -0.4 is 5.73 Å². The molecule has 0 spiro atoms. The van der Waals surface area contributed by atoms with Crippen molar-refractivity contribution in [1.82, 2.24) is 9.80 Å². The van der Waals surface area contributed by atoms with Crippen molar-refractivity contribution in [2.24, 2.45) is 11.7 Å². The Hall–Kier alpha value is -0.660. The van der Waals surface area contributed by atoms with Crippen molar-refractivity contribution in [2.45, 2.75) is 18.9 Å². The molecule has 0 aliphatic carbocycles. The van der Waals surface area contributed by atoms with Crippen molar-refractivity contribution < 1.29 is 13.2 Å². The van der Waals surface area contributed by atoms with Crippen molar-refractivity contribution in [3.8, 4) is 0 Å². The minimum Gasteiger partial charge on any atom is -0.344 e. The molecule has 1 rings (SSSR count). The molecule has 0 aromatic heterocycles. The first-order valence-corrected chi connectivity index (χ1v) is 8.62. The summed E-state index contributed by atoms with van der Waals surface area (Å²) in [5, 5.41) is 0. The average molecular weight is 291 g/mol. The lowest BCUT2D eigenvalue weighted by atomic mass is 10.1. The summed E-state index contributed by atoms with van der Waals surface area (Å²) in [6.45, 7) is 2.75. The Labute approximate surface area is 115 Å². The van der Waals surface area contributed by atoms with E-state index < -0.39 is 15.9 Å². The third-order valence-corrected chi connectivity index (χ3v) is 4.49. The quantitative estimate of drug-likeness (QED) is 0.690. The molecule has 1 saturated heterocycles. The number of likely N-dealkylation sites (N-methyl/N-ethyl adjacent to an activating group) is 1. The second kappa shape index (κ2) is 6.67. The number of hydrogen-bond donors (Lipinski definition) is 1. The zero-order valence-electron chi connectivity index (χ0n) is 12.0. The number of amides is 1. The molecule has 6 nitrogen and oxygen atoms in total. The molecule has 7 heteroatoms. The van der Waals surface area contributed by atoms with Gasteiger partial charge in [-0.2, -0.15) is 0 Å². The lowest BCUT2D eigenvalue weighted by Crippen LogP contribution is -2.44. The minimum atomic E-state index is -3.07. The molecule has 2 N–H and O–H groups in total. The lowest BCUT2D eigenvalue weighted by Gasteiger charge is -2.24. The van der Waals surface area contributed by atoms with Crippen LogP contribution in [-0.4, -0.2) is 75.9 Å². The summed E-state index contributed by atoms with van der Waals surface area (Å²) in [7, 11) is 0.741. The Bertz CT molecular complexity index is 410. The van der Waals surface area contributed by atoms with Gasteiger partial charge >= 0.3 is 0 Å². The van der Waals surface area contributed by atoms with Gasteiger partial charge in [0.1, 0.15) is 9.84 Å². The number of rotatable bonds is 6. The molecule has 0 radical (unpaired) electrons. The first-order valence-electron chi connectivity index (χ1n) is 6.56. The molecule has 1 amide bonds. The molecule has 1 aliphatic heterocycles. The van der Waals surface area contributed by atoms with Crippen LogP contribution in [0.1, 0.15) is 12.8 Å². The van der Waals surface area contributed by atoms with E-state index in [2.05, 4.69) is 11.9 Å². The Morgan fingerprint density at radius 3 is 2.63 bits per heavy atom. The molecule has 0 aromatic rings. The fraction of sp³-hybridized carbons (Fsp3) is 0.917. The predicted molar refractivity (Wildman–Crippen MR) is 75.5 cm³/mol. The smallest absolute Gasteiger partial charge is 0.239 e. The number of likely N-dealkylation sites (tertiary alicyclic amines) is 1. The molecule has 19 heavy (non-hydrogen) atoms. The zero-order valence-corrected chi connectivity index (χ0v) is 12.8. The Morgan fingerprint density at radius 1 is 1.53 bits per heavy atom. The molecule has 2 unspecified atom stereocenters. The van der Waals surface area contributed by atoms with Crippen LogP contribution in [0.2, 0.25) is 0 Å². The van der Waals surface area contributed by atoms with Crippen LogP contribution >= 0.6 is 0 Å². The Kier molecular flexibility index (Phi) is 5.76. The van der Waals surface area contributed by atoms with Gasteiger partial charge in [0.2, 0.25) is 5.91 Å². The van der Waals surface area contributed by atoms with Gasteiger partial charge in [-0.25, -0.2) is 8.42 Å². The van der Waals surface area contributed by atoms with Gasteiger partial charge in [0, 0.05) is 26.4 Å². The van der Waals surface area contributed by atoms with Crippen LogP contribution in [0.5, 0.6) is 0 Å². The van der Waals surface area contributed by atoms with E-state index in [9.17, 15) is 13.2 Å². The predicted octanol–water partition coefficient (Wildman–Crippen LogP) is -0.841. The monoisotopic (exact) mass is 291 g/mol. The summed E-state index contributed by atoms with van der Waals surface area (Å²) in [5.41, 5.74) is 5.76. The van der Waals surface area contributed by atoms with E-state index in [1.807, 2.05) is 0 Å². The van der Waals surface area contributed by atoms with E-state index in [-0.39, 0.29) is 18.1 Å². The van der Waals surface area contributed by atoms with E-state index in [4.69, 9.17) is 5.73 Å². The molecule has 0 bridgehead atoms. The van der Waals surface area contributed by atoms with Gasteiger partial charge in [-0.1, -0.05) is 0 Å². The molecule has 0 saturated carbocycles. The van der Waals surface area contributed by atoms with Crippen LogP contribution in [0.4, 0.5) is 0 Å². The SMILES string of the molecule is CN1CCC(CN(C)C(=O)C(N)CCS(C)(=O)=O)C1. The van der Waals surface area contributed by atoms with E-state index >= 15 is 0 Å². The Morgan fingerprint density at radius 2 is 2.16 bits per heavy atom. The van der Waals surface area contributed by atoms with Crippen LogP contribution in [0.25, 0.3) is 0 Å². The zero-order chi connectivity index (χ0) is 14.6. The fourth-order valence-corrected chi connectivity index (χ4v) is 3.08. The summed E-state index contributed by atoms with van der Waals surface area (Å²) in [6.07, 6.45) is 2.43. The second-order valence-electron chi connectivity index (χ2n) is 5.66. The van der Waals surface area contributed by atoms with E-state index in [1.54, 1.807) is 11.9 Å². The minimum absolute atomic E-state index is 0.0418. The highest BCUT2D eigenvalue weighted by atomic mass is 32.2. The lowest BCUT2D eigenvalue weighted by molar-refractivity contribution is -0.131. The Balaban J connectivity index is 2.38. The summed E-state index contributed by atoms with van der Waals surface area (Å²) in [5.74, 6) is 0.277. The third kappa shape index (κ3) is 5.88. The van der Waals surface area contributed by atoms with Gasteiger partial charge in [0.05, 0.1) is 11.8 Å². The maximum Gasteiger partial charge on any atom is 0.239 e. The summed E-state index contributed by atoms with van der Waals surface area (Å²) >= 11 is 0. The molecule has 112 valence electrons. The molecule has 2 atom stereocenters. The highest BCUT2D eigenvalue weighted by Crippen LogP contribution is 2.15. The molecular formula is C12H25N3O3S. The molecular weight excluding hydrogens is 266 g/mol. The van der Waals surface area contributed by atoms with Gasteiger partial charge in [-0.15, -0.1) is 0 Å². The van der Waals surface area contributed by atoms with Gasteiger partial charge in [0.15, 0.2) is 0 Å². The van der Waals surface area contributed by atoms with Crippen LogP contribution in [0, 0.1) is 5.92 Å². The van der Waals surface area contributed by atoms with Gasteiger partial charge in [-0.3, -0.25) is 4.79 Å². The van der Waals surface area contributed by atoms with E-state index in [0.717, 1.165) is 25.8 Å². The van der Waals surface area contributed by atoms with E-state index in [1.165, 1.54) is 0 Å². The van der Waals surface area contributed by atoms with Crippen molar-refractivity contribution >= 4 is 15.7 Å². The average Bonchev–Trinajstić information content (AvgIpc) is 2.69. The summed E-state index contributed by atoms with van der Waals surface area (Å²) in [6, 6.07) is -0.723. The first kappa shape index (κ1) is 16.4. The fourth-order valence-electron chi connectivity index (χ4n) is 2.40. The largest absolute Gasteiger partial charge is 0.344 e. The number of nitrogens with two attached hydrogens (primary N) is 1. The van der Waals surface area contributed by atoms with Crippen LogP contribution in [0.15, 0.2) is 0 Å². The van der Waals surface area contributed by atoms with Crippen LogP contribution in [0.3, 0.4) is 0 Å². The second-order valence-corrected chi connectivity index (χ2v) is 7.92. The van der Waals surface area contributed by atoms with Crippen molar-refractivity contribution in [3.05, 3.63) is 0 Å². The standard InChI is InChI=1S/C12H25N3O3S/c1-14-6-4-10(8-14)9-15(2)12(16)11(13)5-7-19(3,17)18/h10-11H,4-9,13H2,1-3H3. The van der Waals surface area contributed by atoms with Gasteiger partial charge in [-0.05, 0) is 32.4 Å². The highest BCUT2D eigenvalue weighted by Gasteiger charge is 2.25. The normalized spacial score (nSPS) is 22.4. The molecule has 1 heterocycles. The number of hydrogen-bond acceptors (Lipinski definition) is 5. The van der Waals surface area contributed by atoms with E-state index in [0.29, 0.717) is 12.5 Å². The third-order valence-electron chi connectivity index (χ3n) is 3.51. The van der Waals surface area contributed by atoms with Crippen molar-refractivity contribution in [1.29, 1.82) is 0 Å². The topological polar surface area (TPSA) is 83.7 Å². The molecule has 1 aliphatic rings. The summed E-state index contributed by atoms with van der Waals surface area (Å²) < 4.78 is 22.1. The highest BCUT2D eigenvalue weighted by molar-refractivity contribution is 7.90. The number of nitrogens with zero attached hydrogens (tertiary/aromatic N) is 2. The number of carbonyl (C=O) groups excluding carboxylic acids is 1.